The van der Waals surface area contributed by atoms with Gasteiger partial charge in [0.15, 0.2) is 12.0 Å². The molecule has 0 spiro atoms. The zero-order chi connectivity index (χ0) is 29.4. The van der Waals surface area contributed by atoms with Crippen molar-refractivity contribution in [3.8, 4) is 0 Å². The molecule has 0 radical (unpaired) electrons. The molecule has 2 aliphatic heterocycles. The molecule has 1 unspecified atom stereocenters. The summed E-state index contributed by atoms with van der Waals surface area (Å²) in [5.74, 6) is 1.53. The molecule has 42 heavy (non-hydrogen) atoms. The third-order valence-corrected chi connectivity index (χ3v) is 9.62. The Morgan fingerprint density at radius 1 is 1.17 bits per heavy atom. The highest BCUT2D eigenvalue weighted by molar-refractivity contribution is 9.10. The fourth-order valence-electron chi connectivity index (χ4n) is 6.71. The van der Waals surface area contributed by atoms with Crippen LogP contribution in [0.2, 0.25) is 0 Å². The highest BCUT2D eigenvalue weighted by Gasteiger charge is 2.56. The van der Waals surface area contributed by atoms with Gasteiger partial charge in [-0.25, -0.2) is 15.0 Å². The topological polar surface area (TPSA) is 125 Å². The van der Waals surface area contributed by atoms with E-state index in [0.29, 0.717) is 30.0 Å². The van der Waals surface area contributed by atoms with Gasteiger partial charge in [0.25, 0.3) is 0 Å². The van der Waals surface area contributed by atoms with E-state index in [9.17, 15) is 0 Å². The number of imidazole rings is 1. The van der Waals surface area contributed by atoms with E-state index in [2.05, 4.69) is 75.2 Å². The van der Waals surface area contributed by atoms with Crippen LogP contribution in [-0.4, -0.2) is 61.2 Å². The molecule has 4 aromatic rings. The van der Waals surface area contributed by atoms with Gasteiger partial charge < -0.3 is 34.8 Å². The van der Waals surface area contributed by atoms with Crippen LogP contribution in [0, 0.1) is 5.92 Å². The van der Waals surface area contributed by atoms with Gasteiger partial charge in [0.2, 0.25) is 0 Å². The van der Waals surface area contributed by atoms with Crippen LogP contribution in [0.4, 0.5) is 5.82 Å². The zero-order valence-corrected chi connectivity index (χ0v) is 26.4. The summed E-state index contributed by atoms with van der Waals surface area (Å²) in [6.45, 7) is 11.3. The number of anilines is 1. The highest BCUT2D eigenvalue weighted by atomic mass is 79.9. The molecule has 10 nitrogen and oxygen atoms in total. The van der Waals surface area contributed by atoms with Crippen molar-refractivity contribution < 1.29 is 14.2 Å². The summed E-state index contributed by atoms with van der Waals surface area (Å²) >= 11 is 3.62. The normalized spacial score (nSPS) is 28.9. The predicted molar refractivity (Wildman–Crippen MR) is 165 cm³/mol. The maximum atomic E-state index is 6.59. The Morgan fingerprint density at radius 2 is 1.95 bits per heavy atom. The number of rotatable bonds is 7. The van der Waals surface area contributed by atoms with Crippen molar-refractivity contribution in [2.45, 2.75) is 102 Å². The van der Waals surface area contributed by atoms with Crippen molar-refractivity contribution in [3.63, 3.8) is 0 Å². The maximum absolute atomic E-state index is 6.59. The summed E-state index contributed by atoms with van der Waals surface area (Å²) in [5, 5.41) is 4.52. The SMILES string of the molecule is CC1(C)O[C@@H]2[C@H](O1)C(CNC1CC(CCc3nc4ccc(C(C)(C)C)cc4[nH]3)C1)O[C@H]2n1cc(Br)c2c(N)ncnc21. The molecule has 1 saturated carbocycles. The second kappa shape index (κ2) is 10.3. The Balaban J connectivity index is 0.953. The van der Waals surface area contributed by atoms with Gasteiger partial charge in [-0.15, -0.1) is 0 Å². The number of nitrogen functional groups attached to an aromatic ring is 1. The number of aromatic amines is 1. The van der Waals surface area contributed by atoms with E-state index in [1.54, 1.807) is 0 Å². The van der Waals surface area contributed by atoms with Crippen LogP contribution < -0.4 is 11.1 Å². The van der Waals surface area contributed by atoms with E-state index in [-0.39, 0.29) is 30.0 Å². The van der Waals surface area contributed by atoms with Gasteiger partial charge in [-0.1, -0.05) is 26.8 Å². The number of hydrogen-bond acceptors (Lipinski definition) is 8. The zero-order valence-electron chi connectivity index (χ0n) is 24.9. The van der Waals surface area contributed by atoms with E-state index in [0.717, 1.165) is 52.4 Å². The fraction of sp³-hybridized carbons (Fsp3) is 0.581. The summed E-state index contributed by atoms with van der Waals surface area (Å²) in [4.78, 5) is 17.0. The van der Waals surface area contributed by atoms with Crippen molar-refractivity contribution in [1.82, 2.24) is 29.8 Å². The standard InChI is InChI=1S/C31H40BrN7O3/c1-30(2,3)17-7-8-20-21(12-17)38-23(37-20)9-6-16-10-18(11-16)34-13-22-25-26(42-31(4,5)41-25)29(40-22)39-14-19(32)24-27(33)35-15-36-28(24)39/h7-8,12,14-16,18,22,25-26,29,34H,6,9-11,13H2,1-5H3,(H,37,38)(H2,33,35,36)/t16?,18?,22?,25-,26-,29-/m1/s1. The molecular weight excluding hydrogens is 598 g/mol. The number of halogens is 1. The quantitative estimate of drug-likeness (QED) is 0.247. The number of ether oxygens (including phenoxy) is 3. The number of hydrogen-bond donors (Lipinski definition) is 3. The number of aryl methyl sites for hydroxylation is 1. The number of nitrogens with zero attached hydrogens (tertiary/aromatic N) is 4. The summed E-state index contributed by atoms with van der Waals surface area (Å²) in [7, 11) is 0. The third kappa shape index (κ3) is 5.13. The first-order valence-corrected chi connectivity index (χ1v) is 15.7. The molecule has 224 valence electrons. The van der Waals surface area contributed by atoms with Crippen LogP contribution >= 0.6 is 15.9 Å². The van der Waals surface area contributed by atoms with Crippen LogP contribution in [0.3, 0.4) is 0 Å². The average molecular weight is 639 g/mol. The van der Waals surface area contributed by atoms with Crippen molar-refractivity contribution in [2.75, 3.05) is 12.3 Å². The number of benzene rings is 1. The van der Waals surface area contributed by atoms with Crippen LogP contribution in [0.25, 0.3) is 22.1 Å². The Bertz CT molecular complexity index is 1620. The largest absolute Gasteiger partial charge is 0.383 e. The minimum absolute atomic E-state index is 0.128. The molecule has 4 N–H and O–H groups in total. The Morgan fingerprint density at radius 3 is 2.74 bits per heavy atom. The van der Waals surface area contributed by atoms with Crippen LogP contribution in [-0.2, 0) is 26.0 Å². The number of aromatic nitrogens is 5. The molecule has 11 heteroatoms. The van der Waals surface area contributed by atoms with Crippen LogP contribution in [0.1, 0.15) is 71.5 Å². The first kappa shape index (κ1) is 28.2. The van der Waals surface area contributed by atoms with Gasteiger partial charge in [-0.3, -0.25) is 0 Å². The lowest BCUT2D eigenvalue weighted by molar-refractivity contribution is -0.195. The molecule has 1 aromatic carbocycles. The maximum Gasteiger partial charge on any atom is 0.164 e. The van der Waals surface area contributed by atoms with Crippen molar-refractivity contribution in [3.05, 3.63) is 46.6 Å². The van der Waals surface area contributed by atoms with Crippen molar-refractivity contribution in [1.29, 1.82) is 0 Å². The predicted octanol–water partition coefficient (Wildman–Crippen LogP) is 5.37. The molecule has 0 amide bonds. The van der Waals surface area contributed by atoms with Gasteiger partial charge in [-0.2, -0.15) is 0 Å². The van der Waals surface area contributed by atoms with E-state index in [4.69, 9.17) is 24.9 Å². The van der Waals surface area contributed by atoms with Gasteiger partial charge in [-0.05, 0) is 78.1 Å². The molecule has 3 fully saturated rings. The first-order valence-electron chi connectivity index (χ1n) is 15.0. The highest BCUT2D eigenvalue weighted by Crippen LogP contribution is 2.45. The molecule has 1 aliphatic carbocycles. The van der Waals surface area contributed by atoms with E-state index in [1.807, 2.05) is 24.6 Å². The van der Waals surface area contributed by atoms with Crippen LogP contribution in [0.5, 0.6) is 0 Å². The monoisotopic (exact) mass is 637 g/mol. The van der Waals surface area contributed by atoms with Crippen molar-refractivity contribution >= 4 is 43.8 Å². The Hall–Kier alpha value is -2.57. The molecular formula is C31H40BrN7O3. The van der Waals surface area contributed by atoms with E-state index < -0.39 is 5.79 Å². The number of nitrogens with two attached hydrogens (primary N) is 1. The fourth-order valence-corrected chi connectivity index (χ4v) is 7.31. The summed E-state index contributed by atoms with van der Waals surface area (Å²) in [6.07, 6.45) is 6.88. The molecule has 5 heterocycles. The average Bonchev–Trinajstić information content (AvgIpc) is 3.62. The summed E-state index contributed by atoms with van der Waals surface area (Å²) < 4.78 is 22.1. The van der Waals surface area contributed by atoms with Gasteiger partial charge in [0.1, 0.15) is 41.9 Å². The molecule has 0 bridgehead atoms. The van der Waals surface area contributed by atoms with E-state index >= 15 is 0 Å². The summed E-state index contributed by atoms with van der Waals surface area (Å²) in [5.41, 5.74) is 10.5. The summed E-state index contributed by atoms with van der Waals surface area (Å²) in [6, 6.07) is 7.06. The van der Waals surface area contributed by atoms with Crippen LogP contribution in [0.15, 0.2) is 35.2 Å². The molecule has 3 aliphatic rings. The number of nitrogens with one attached hydrogen (secondary N) is 2. The Labute approximate surface area is 254 Å². The minimum atomic E-state index is -0.684. The lowest BCUT2D eigenvalue weighted by atomic mass is 9.77. The lowest BCUT2D eigenvalue weighted by Gasteiger charge is -2.37. The Kier molecular flexibility index (Phi) is 6.89. The van der Waals surface area contributed by atoms with E-state index in [1.165, 1.54) is 11.9 Å². The molecule has 7 rings (SSSR count). The third-order valence-electron chi connectivity index (χ3n) is 9.02. The molecule has 2 saturated heterocycles. The smallest absolute Gasteiger partial charge is 0.164 e. The minimum Gasteiger partial charge on any atom is -0.383 e. The second-order valence-electron chi connectivity index (χ2n) is 13.6. The second-order valence-corrected chi connectivity index (χ2v) is 14.5. The lowest BCUT2D eigenvalue weighted by Crippen LogP contribution is -2.47. The van der Waals surface area contributed by atoms with Gasteiger partial charge in [0, 0.05) is 29.7 Å². The molecule has 4 atom stereocenters. The number of fused-ring (bicyclic) bond motifs is 3. The first-order chi connectivity index (χ1) is 19.9. The van der Waals surface area contributed by atoms with Crippen molar-refractivity contribution in [2.24, 2.45) is 5.92 Å². The van der Waals surface area contributed by atoms with Gasteiger partial charge >= 0.3 is 0 Å². The number of H-pyrrole nitrogens is 1. The van der Waals surface area contributed by atoms with Gasteiger partial charge in [0.05, 0.1) is 16.4 Å². The molecule has 3 aromatic heterocycles.